The van der Waals surface area contributed by atoms with E-state index in [-0.39, 0.29) is 100 Å². The van der Waals surface area contributed by atoms with Crippen LogP contribution in [0.4, 0.5) is 13.2 Å². The number of aliphatic hydroxyl groups excluding tert-OH is 1. The molecule has 0 radical (unpaired) electrons. The van der Waals surface area contributed by atoms with Crippen LogP contribution in [0.2, 0.25) is 0 Å². The fourth-order valence-corrected chi connectivity index (χ4v) is 19.7. The van der Waals surface area contributed by atoms with Gasteiger partial charge in [0.25, 0.3) is 0 Å². The Labute approximate surface area is 449 Å². The molecule has 0 aromatic heterocycles. The predicted octanol–water partition coefficient (Wildman–Crippen LogP) is 8.08. The molecule has 16 nitrogen and oxygen atoms in total. The van der Waals surface area contributed by atoms with Gasteiger partial charge in [-0.3, -0.25) is 0 Å². The quantitative estimate of drug-likeness (QED) is 0.112. The number of carbonyl (C=O) groups excluding carboxylic acids is 1. The van der Waals surface area contributed by atoms with Crippen LogP contribution in [-0.4, -0.2) is 161 Å². The molecule has 10 aliphatic rings. The Morgan fingerprint density at radius 2 is 1.03 bits per heavy atom. The van der Waals surface area contributed by atoms with Gasteiger partial charge in [-0.25, -0.2) is 0 Å². The molecular weight excluding hydrogens is 998 g/mol. The summed E-state index contributed by atoms with van der Waals surface area (Å²) in [6.45, 7) is 16.9. The molecule has 76 heavy (non-hydrogen) atoms. The van der Waals surface area contributed by atoms with E-state index >= 15 is 0 Å². The minimum Gasteiger partial charge on any atom is -0.389 e. The zero-order valence-electron chi connectivity index (χ0n) is 47.5. The lowest BCUT2D eigenvalue weighted by Crippen LogP contribution is -2.78. The Balaban J connectivity index is 0.000000187. The number of fused-ring (bicyclic) bond motifs is 6. The van der Waals surface area contributed by atoms with Crippen LogP contribution >= 0.6 is 0 Å². The molecule has 19 heteroatoms. The maximum Gasteiger partial charge on any atom is 0.414 e. The Morgan fingerprint density at radius 1 is 0.605 bits per heavy atom. The summed E-state index contributed by atoms with van der Waals surface area (Å²) in [7, 11) is 6.29. The van der Waals surface area contributed by atoms with E-state index in [1.807, 2.05) is 34.6 Å². The molecule has 5 unspecified atom stereocenters. The maximum absolute atomic E-state index is 14.0. The van der Waals surface area contributed by atoms with Crippen LogP contribution in [-0.2, 0) is 61.6 Å². The van der Waals surface area contributed by atoms with Crippen molar-refractivity contribution >= 4 is 6.29 Å². The fourth-order valence-electron chi connectivity index (χ4n) is 19.7. The molecule has 3 N–H and O–H groups in total. The zero-order valence-corrected chi connectivity index (χ0v) is 47.5. The molecule has 0 aromatic rings. The molecule has 21 atom stereocenters. The van der Waals surface area contributed by atoms with Gasteiger partial charge in [-0.15, -0.1) is 0 Å². The van der Waals surface area contributed by atoms with Crippen LogP contribution in [0.25, 0.3) is 0 Å². The first-order valence-corrected chi connectivity index (χ1v) is 28.4. The molecule has 2 heterocycles. The highest BCUT2D eigenvalue weighted by Gasteiger charge is 2.80. The summed E-state index contributed by atoms with van der Waals surface area (Å²) in [5.74, 6) is -2.86. The lowest BCUT2D eigenvalue weighted by molar-refractivity contribution is -0.406. The number of methoxy groups -OCH3 is 4. The number of hydrogen-bond acceptors (Lipinski definition) is 16. The highest BCUT2D eigenvalue weighted by atomic mass is 19.4. The van der Waals surface area contributed by atoms with Gasteiger partial charge >= 0.3 is 6.18 Å². The monoisotopic (exact) mass is 1090 g/mol. The third-order valence-corrected chi connectivity index (χ3v) is 22.5. The fraction of sp³-hybridized carbons (Fsp3) is 0.982. The third-order valence-electron chi connectivity index (χ3n) is 22.5. The van der Waals surface area contributed by atoms with Crippen LogP contribution in [0.5, 0.6) is 0 Å². The van der Waals surface area contributed by atoms with Crippen molar-refractivity contribution in [2.24, 2.45) is 69.0 Å². The standard InChI is InChI=1S/C29H47F3O8.C28H46O8/c1-17-11-21-27(14-38-24(2,3)40-21)22-18(7-9-26(27,34)12-17)28(39-16-36-6)10-8-19(23(33)29(30,31)32)25(28,4)13-20(22)37-15-35-5;1-18-11-22-27(15-34-24(2,3)36-22)23-20(8-9-26(27,30)12-18)28(35-17-32-6)10-7-19(14-29)25(28,4)13-21(23)33-16-31-5/h17-23,33-34H,7-16H2,1-6H3;14,18-23,30H,7-13,15-17H2,1-6H3/t17-,18?,19+,20+,21+,22?,23?,25+,26-,27+,28-;18-,19+,20?,21+,22+,23?,25+,26-,27+,28-/m00/s1. The van der Waals surface area contributed by atoms with Crippen molar-refractivity contribution in [2.75, 3.05) is 68.8 Å². The lowest BCUT2D eigenvalue weighted by Gasteiger charge is -2.72. The molecule has 0 bridgehead atoms. The number of ether oxygens (including phenoxy) is 12. The first kappa shape index (κ1) is 59.5. The van der Waals surface area contributed by atoms with E-state index in [1.165, 1.54) is 14.2 Å². The number of halogens is 3. The Bertz CT molecular complexity index is 2050. The van der Waals surface area contributed by atoms with E-state index in [9.17, 15) is 33.3 Å². The minimum atomic E-state index is -4.77. The van der Waals surface area contributed by atoms with E-state index in [2.05, 4.69) is 20.8 Å². The van der Waals surface area contributed by atoms with E-state index < -0.39 is 79.9 Å². The second kappa shape index (κ2) is 20.9. The number of carbonyl (C=O) groups is 1. The van der Waals surface area contributed by atoms with Crippen molar-refractivity contribution in [1.29, 1.82) is 0 Å². The van der Waals surface area contributed by atoms with Crippen molar-refractivity contribution in [3.63, 3.8) is 0 Å². The Morgan fingerprint density at radius 3 is 1.45 bits per heavy atom. The summed E-state index contributed by atoms with van der Waals surface area (Å²) in [6, 6.07) is 0. The normalized spacial score (nSPS) is 50.2. The van der Waals surface area contributed by atoms with Crippen molar-refractivity contribution in [3.05, 3.63) is 0 Å². The van der Waals surface area contributed by atoms with Gasteiger partial charge in [0.15, 0.2) is 17.7 Å². The average Bonchev–Trinajstić information content (AvgIpc) is 3.81. The first-order chi connectivity index (χ1) is 35.6. The van der Waals surface area contributed by atoms with Gasteiger partial charge in [-0.05, 0) is 141 Å². The van der Waals surface area contributed by atoms with Gasteiger partial charge in [-0.1, -0.05) is 27.7 Å². The Kier molecular flexibility index (Phi) is 16.4. The van der Waals surface area contributed by atoms with Crippen LogP contribution in [0.15, 0.2) is 0 Å². The van der Waals surface area contributed by atoms with Crippen LogP contribution < -0.4 is 0 Å². The SMILES string of the molecule is COCO[C@@H]1C[C@]2(C)[C@@H](C(O)C(F)(F)F)CC[C@]2(OCOC)C2CC[C@]3(O)C[C@@H](C)C[C@H]4OC(C)(C)OC[C@]43C21.COCO[C@@H]1C[C@]2(C)[C@@H](C=O)CC[C@]2(OCOC)C2CC[C@]3(O)C[C@@H](C)C[C@H]4OC(C)(C)OC[C@]43C21. The second-order valence-corrected chi connectivity index (χ2v) is 26.9. The van der Waals surface area contributed by atoms with Gasteiger partial charge in [-0.2, -0.15) is 13.2 Å². The van der Waals surface area contributed by atoms with Crippen molar-refractivity contribution in [1.82, 2.24) is 0 Å². The summed E-state index contributed by atoms with van der Waals surface area (Å²) in [4.78, 5) is 12.3. The smallest absolute Gasteiger partial charge is 0.389 e. The number of alkyl halides is 3. The molecule has 0 aromatic carbocycles. The third kappa shape index (κ3) is 8.96. The lowest BCUT2D eigenvalue weighted by atomic mass is 9.39. The van der Waals surface area contributed by atoms with Crippen LogP contribution in [0, 0.1) is 69.0 Å². The van der Waals surface area contributed by atoms with E-state index in [1.54, 1.807) is 14.2 Å². The summed E-state index contributed by atoms with van der Waals surface area (Å²) in [5, 5.41) is 35.6. The largest absolute Gasteiger partial charge is 0.414 e. The van der Waals surface area contributed by atoms with Gasteiger partial charge in [0.2, 0.25) is 0 Å². The van der Waals surface area contributed by atoms with E-state index in [4.69, 9.17) is 56.8 Å². The highest BCUT2D eigenvalue weighted by molar-refractivity contribution is 5.57. The van der Waals surface area contributed by atoms with E-state index in [0.29, 0.717) is 51.0 Å². The summed E-state index contributed by atoms with van der Waals surface area (Å²) in [6.07, 6.45) is 0.778. The zero-order chi connectivity index (χ0) is 55.3. The molecule has 438 valence electrons. The molecule has 8 aliphatic carbocycles. The second-order valence-electron chi connectivity index (χ2n) is 26.9. The van der Waals surface area contributed by atoms with Gasteiger partial charge in [0.05, 0.1) is 70.9 Å². The predicted molar refractivity (Wildman–Crippen MR) is 268 cm³/mol. The van der Waals surface area contributed by atoms with Crippen molar-refractivity contribution < 1.29 is 90.1 Å². The molecule has 10 rings (SSSR count). The molecule has 2 aliphatic heterocycles. The van der Waals surface area contributed by atoms with Crippen LogP contribution in [0.1, 0.15) is 145 Å². The Hall–Kier alpha value is -1.14. The number of hydrogen-bond donors (Lipinski definition) is 3. The average molecular weight is 1090 g/mol. The maximum atomic E-state index is 14.0. The first-order valence-electron chi connectivity index (χ1n) is 28.4. The van der Waals surface area contributed by atoms with Crippen molar-refractivity contribution in [3.8, 4) is 0 Å². The molecule has 8 saturated carbocycles. The van der Waals surface area contributed by atoms with E-state index in [0.717, 1.165) is 44.8 Å². The van der Waals surface area contributed by atoms with Gasteiger partial charge < -0.3 is 77.0 Å². The summed E-state index contributed by atoms with van der Waals surface area (Å²) >= 11 is 0. The topological polar surface area (TPSA) is 189 Å². The molecular formula is C57H93F3O16. The van der Waals surface area contributed by atoms with Gasteiger partial charge in [0.1, 0.15) is 33.5 Å². The van der Waals surface area contributed by atoms with Crippen molar-refractivity contribution in [2.45, 2.75) is 216 Å². The van der Waals surface area contributed by atoms with Gasteiger partial charge in [0, 0.05) is 62.9 Å². The number of aldehydes is 1. The molecule has 0 amide bonds. The molecule has 10 fully saturated rings. The van der Waals surface area contributed by atoms with Crippen LogP contribution in [0.3, 0.4) is 0 Å². The summed E-state index contributed by atoms with van der Waals surface area (Å²) in [5.41, 5.74) is -6.62. The summed E-state index contributed by atoms with van der Waals surface area (Å²) < 4.78 is 116. The molecule has 2 saturated heterocycles. The molecule has 2 spiro atoms. The number of aliphatic hydroxyl groups is 3. The highest BCUT2D eigenvalue weighted by Crippen LogP contribution is 2.75. The number of rotatable bonds is 14. The minimum absolute atomic E-state index is 0.0504.